The Hall–Kier alpha value is -1.16. The molecule has 4 heteroatoms. The van der Waals surface area contributed by atoms with E-state index in [9.17, 15) is 0 Å². The van der Waals surface area contributed by atoms with Crippen molar-refractivity contribution in [1.82, 2.24) is 9.97 Å². The lowest BCUT2D eigenvalue weighted by Gasteiger charge is -2.38. The monoisotopic (exact) mass is 179 g/mol. The Morgan fingerprint density at radius 3 is 2.92 bits per heavy atom. The Labute approximate surface area is 77.6 Å². The van der Waals surface area contributed by atoms with Gasteiger partial charge in [0.05, 0.1) is 6.10 Å². The number of ether oxygens (including phenoxy) is 1. The first-order valence-electron chi connectivity index (χ1n) is 4.37. The van der Waals surface area contributed by atoms with Crippen molar-refractivity contribution in [1.29, 1.82) is 0 Å². The molecule has 0 spiro atoms. The number of aryl methyl sites for hydroxylation is 1. The lowest BCUT2D eigenvalue weighted by molar-refractivity contribution is 0.0783. The number of aromatic nitrogens is 2. The second kappa shape index (κ2) is 3.30. The van der Waals surface area contributed by atoms with Gasteiger partial charge >= 0.3 is 0 Å². The number of anilines is 1. The lowest BCUT2D eigenvalue weighted by atomic mass is 10.2. The summed E-state index contributed by atoms with van der Waals surface area (Å²) in [5.41, 5.74) is 0. The third-order valence-electron chi connectivity index (χ3n) is 2.27. The van der Waals surface area contributed by atoms with E-state index in [0.29, 0.717) is 6.10 Å². The molecule has 2 heterocycles. The number of hydrogen-bond donors (Lipinski definition) is 0. The largest absolute Gasteiger partial charge is 0.378 e. The molecule has 0 unspecified atom stereocenters. The number of rotatable bonds is 2. The molecule has 70 valence electrons. The maximum atomic E-state index is 5.18. The molecule has 4 nitrogen and oxygen atoms in total. The van der Waals surface area contributed by atoms with Gasteiger partial charge in [0.15, 0.2) is 0 Å². The minimum Gasteiger partial charge on any atom is -0.378 e. The molecule has 1 fully saturated rings. The minimum absolute atomic E-state index is 0.371. The van der Waals surface area contributed by atoms with Gasteiger partial charge in [-0.1, -0.05) is 0 Å². The van der Waals surface area contributed by atoms with Gasteiger partial charge in [-0.2, -0.15) is 0 Å². The van der Waals surface area contributed by atoms with Crippen molar-refractivity contribution < 1.29 is 4.74 Å². The van der Waals surface area contributed by atoms with E-state index in [1.807, 2.05) is 13.0 Å². The summed E-state index contributed by atoms with van der Waals surface area (Å²) in [6.07, 6.45) is 2.16. The normalized spacial score (nSPS) is 17.2. The van der Waals surface area contributed by atoms with Crippen molar-refractivity contribution in [2.75, 3.05) is 25.1 Å². The molecule has 0 amide bonds. The maximum absolute atomic E-state index is 5.18. The van der Waals surface area contributed by atoms with Crippen LogP contribution in [0.3, 0.4) is 0 Å². The Morgan fingerprint density at radius 1 is 1.54 bits per heavy atom. The van der Waals surface area contributed by atoms with E-state index in [1.54, 1.807) is 13.3 Å². The van der Waals surface area contributed by atoms with Crippen molar-refractivity contribution in [2.45, 2.75) is 13.0 Å². The van der Waals surface area contributed by atoms with Crippen molar-refractivity contribution in [3.05, 3.63) is 18.1 Å². The lowest BCUT2D eigenvalue weighted by Crippen LogP contribution is -2.52. The second-order valence-electron chi connectivity index (χ2n) is 3.22. The molecule has 0 radical (unpaired) electrons. The molecule has 1 aromatic rings. The van der Waals surface area contributed by atoms with Crippen molar-refractivity contribution in [3.8, 4) is 0 Å². The molecule has 1 aliphatic heterocycles. The summed E-state index contributed by atoms with van der Waals surface area (Å²) in [7, 11) is 1.74. The van der Waals surface area contributed by atoms with E-state index in [2.05, 4.69) is 14.9 Å². The van der Waals surface area contributed by atoms with Crippen LogP contribution < -0.4 is 4.90 Å². The summed E-state index contributed by atoms with van der Waals surface area (Å²) in [4.78, 5) is 10.6. The predicted molar refractivity (Wildman–Crippen MR) is 49.8 cm³/mol. The summed E-state index contributed by atoms with van der Waals surface area (Å²) < 4.78 is 5.18. The van der Waals surface area contributed by atoms with Gasteiger partial charge < -0.3 is 9.64 Å². The van der Waals surface area contributed by atoms with Gasteiger partial charge in [0.1, 0.15) is 11.6 Å². The molecular weight excluding hydrogens is 166 g/mol. The molecular formula is C9H13N3O. The van der Waals surface area contributed by atoms with Gasteiger partial charge in [-0.05, 0) is 13.0 Å². The SMILES string of the molecule is COC1CN(c2ccnc(C)n2)C1. The van der Waals surface area contributed by atoms with Crippen LogP contribution in [0.25, 0.3) is 0 Å². The van der Waals surface area contributed by atoms with Crippen LogP contribution in [0.4, 0.5) is 5.82 Å². The van der Waals surface area contributed by atoms with E-state index >= 15 is 0 Å². The van der Waals surface area contributed by atoms with Crippen LogP contribution in [0.2, 0.25) is 0 Å². The average Bonchev–Trinajstić information content (AvgIpc) is 2.02. The molecule has 0 saturated carbocycles. The van der Waals surface area contributed by atoms with Crippen molar-refractivity contribution >= 4 is 5.82 Å². The van der Waals surface area contributed by atoms with E-state index in [0.717, 1.165) is 24.7 Å². The zero-order valence-corrected chi connectivity index (χ0v) is 7.90. The molecule has 0 aliphatic carbocycles. The number of hydrogen-bond acceptors (Lipinski definition) is 4. The van der Waals surface area contributed by atoms with Crippen LogP contribution in [-0.4, -0.2) is 36.3 Å². The summed E-state index contributed by atoms with van der Waals surface area (Å²) in [6, 6.07) is 1.93. The molecule has 0 bridgehead atoms. The molecule has 1 aliphatic rings. The van der Waals surface area contributed by atoms with Crippen LogP contribution in [-0.2, 0) is 4.74 Å². The van der Waals surface area contributed by atoms with Crippen LogP contribution in [0.15, 0.2) is 12.3 Å². The Kier molecular flexibility index (Phi) is 2.14. The number of nitrogens with zero attached hydrogens (tertiary/aromatic N) is 3. The van der Waals surface area contributed by atoms with Crippen LogP contribution in [0.1, 0.15) is 5.82 Å². The highest BCUT2D eigenvalue weighted by Gasteiger charge is 2.27. The molecule has 1 aromatic heterocycles. The first kappa shape index (κ1) is 8.44. The van der Waals surface area contributed by atoms with Crippen LogP contribution >= 0.6 is 0 Å². The quantitative estimate of drug-likeness (QED) is 0.667. The first-order valence-corrected chi connectivity index (χ1v) is 4.37. The molecule has 0 atom stereocenters. The third-order valence-corrected chi connectivity index (χ3v) is 2.27. The van der Waals surface area contributed by atoms with Gasteiger partial charge in [-0.3, -0.25) is 0 Å². The minimum atomic E-state index is 0.371. The van der Waals surface area contributed by atoms with E-state index < -0.39 is 0 Å². The summed E-state index contributed by atoms with van der Waals surface area (Å²) >= 11 is 0. The van der Waals surface area contributed by atoms with Gasteiger partial charge in [0.2, 0.25) is 0 Å². The standard InChI is InChI=1S/C9H13N3O/c1-7-10-4-3-9(11-7)12-5-8(6-12)13-2/h3-4,8H,5-6H2,1-2H3. The fourth-order valence-corrected chi connectivity index (χ4v) is 1.39. The van der Waals surface area contributed by atoms with Crippen molar-refractivity contribution in [3.63, 3.8) is 0 Å². The van der Waals surface area contributed by atoms with Gasteiger partial charge in [0.25, 0.3) is 0 Å². The van der Waals surface area contributed by atoms with Crippen LogP contribution in [0.5, 0.6) is 0 Å². The molecule has 1 saturated heterocycles. The highest BCUT2D eigenvalue weighted by Crippen LogP contribution is 2.18. The van der Waals surface area contributed by atoms with Gasteiger partial charge in [0, 0.05) is 26.4 Å². The molecule has 13 heavy (non-hydrogen) atoms. The fraction of sp³-hybridized carbons (Fsp3) is 0.556. The second-order valence-corrected chi connectivity index (χ2v) is 3.22. The third kappa shape index (κ3) is 1.62. The van der Waals surface area contributed by atoms with Crippen molar-refractivity contribution in [2.24, 2.45) is 0 Å². The summed E-state index contributed by atoms with van der Waals surface area (Å²) in [5, 5.41) is 0. The highest BCUT2D eigenvalue weighted by molar-refractivity contribution is 5.41. The highest BCUT2D eigenvalue weighted by atomic mass is 16.5. The summed E-state index contributed by atoms with van der Waals surface area (Å²) in [6.45, 7) is 3.77. The zero-order valence-electron chi connectivity index (χ0n) is 7.90. The average molecular weight is 179 g/mol. The van der Waals surface area contributed by atoms with Gasteiger partial charge in [-0.15, -0.1) is 0 Å². The zero-order chi connectivity index (χ0) is 9.26. The topological polar surface area (TPSA) is 38.2 Å². The van der Waals surface area contributed by atoms with E-state index in [4.69, 9.17) is 4.74 Å². The Morgan fingerprint density at radius 2 is 2.31 bits per heavy atom. The summed E-state index contributed by atoms with van der Waals surface area (Å²) in [5.74, 6) is 1.82. The smallest absolute Gasteiger partial charge is 0.132 e. The maximum Gasteiger partial charge on any atom is 0.132 e. The van der Waals surface area contributed by atoms with E-state index in [-0.39, 0.29) is 0 Å². The van der Waals surface area contributed by atoms with Crippen LogP contribution in [0, 0.1) is 6.92 Å². The first-order chi connectivity index (χ1) is 6.29. The molecule has 0 N–H and O–H groups in total. The number of methoxy groups -OCH3 is 1. The fourth-order valence-electron chi connectivity index (χ4n) is 1.39. The Balaban J connectivity index is 2.03. The van der Waals surface area contributed by atoms with E-state index in [1.165, 1.54) is 0 Å². The predicted octanol–water partition coefficient (Wildman–Crippen LogP) is 0.620. The molecule has 2 rings (SSSR count). The van der Waals surface area contributed by atoms with Gasteiger partial charge in [-0.25, -0.2) is 9.97 Å². The molecule has 0 aromatic carbocycles. The Bertz CT molecular complexity index is 297.